The fourth-order valence-corrected chi connectivity index (χ4v) is 2.81. The van der Waals surface area contributed by atoms with Gasteiger partial charge in [-0.05, 0) is 24.6 Å². The molecule has 0 aliphatic carbocycles. The number of ether oxygens (including phenoxy) is 2. The second-order valence-electron chi connectivity index (χ2n) is 6.10. The summed E-state index contributed by atoms with van der Waals surface area (Å²) >= 11 is 0. The maximum Gasteiger partial charge on any atom is 0.238 e. The third kappa shape index (κ3) is 5.05. The Morgan fingerprint density at radius 2 is 1.80 bits per heavy atom. The van der Waals surface area contributed by atoms with Gasteiger partial charge in [0.25, 0.3) is 0 Å². The van der Waals surface area contributed by atoms with E-state index in [1.54, 1.807) is 0 Å². The minimum Gasteiger partial charge on any atom is -0.484 e. The van der Waals surface area contributed by atoms with Crippen LogP contribution in [0, 0.1) is 0 Å². The summed E-state index contributed by atoms with van der Waals surface area (Å²) in [7, 11) is 0. The van der Waals surface area contributed by atoms with Crippen molar-refractivity contribution in [1.29, 1.82) is 0 Å². The van der Waals surface area contributed by atoms with Crippen LogP contribution < -0.4 is 10.1 Å². The molecule has 132 valence electrons. The first-order valence-corrected chi connectivity index (χ1v) is 8.63. The van der Waals surface area contributed by atoms with E-state index in [0.29, 0.717) is 31.2 Å². The quantitative estimate of drug-likeness (QED) is 0.878. The number of carbonyl (C=O) groups is 1. The summed E-state index contributed by atoms with van der Waals surface area (Å²) in [6.07, 6.45) is -0.0986. The lowest BCUT2D eigenvalue weighted by atomic mass is 10.1. The molecule has 1 saturated heterocycles. The lowest BCUT2D eigenvalue weighted by molar-refractivity contribution is -0.118. The third-order valence-corrected chi connectivity index (χ3v) is 4.20. The average molecular weight is 340 g/mol. The minimum absolute atomic E-state index is 0.0367. The molecule has 1 aliphatic heterocycles. The maximum absolute atomic E-state index is 12.3. The molecule has 1 N–H and O–H groups in total. The Balaban J connectivity index is 1.63. The smallest absolute Gasteiger partial charge is 0.238 e. The van der Waals surface area contributed by atoms with Crippen LogP contribution in [-0.2, 0) is 9.53 Å². The van der Waals surface area contributed by atoms with E-state index in [0.717, 1.165) is 18.7 Å². The van der Waals surface area contributed by atoms with E-state index in [9.17, 15) is 4.79 Å². The van der Waals surface area contributed by atoms with Crippen molar-refractivity contribution in [1.82, 2.24) is 4.90 Å². The molecule has 0 aromatic heterocycles. The van der Waals surface area contributed by atoms with E-state index in [1.165, 1.54) is 0 Å². The second-order valence-corrected chi connectivity index (χ2v) is 6.10. The number of morpholine rings is 1. The van der Waals surface area contributed by atoms with Crippen LogP contribution >= 0.6 is 0 Å². The summed E-state index contributed by atoms with van der Waals surface area (Å²) in [5.41, 5.74) is 1.79. The third-order valence-electron chi connectivity index (χ3n) is 4.20. The Morgan fingerprint density at radius 3 is 2.56 bits per heavy atom. The Labute approximate surface area is 148 Å². The summed E-state index contributed by atoms with van der Waals surface area (Å²) in [4.78, 5) is 14.4. The Hall–Kier alpha value is -2.37. The van der Waals surface area contributed by atoms with Gasteiger partial charge in [0.05, 0.1) is 25.4 Å². The number of nitrogens with one attached hydrogen (secondary N) is 1. The topological polar surface area (TPSA) is 50.8 Å². The highest BCUT2D eigenvalue weighted by atomic mass is 16.5. The molecule has 1 fully saturated rings. The number of nitrogens with zero attached hydrogens (tertiary/aromatic N) is 1. The summed E-state index contributed by atoms with van der Waals surface area (Å²) < 4.78 is 11.4. The summed E-state index contributed by atoms with van der Waals surface area (Å²) in [5, 5.41) is 2.97. The molecule has 0 bridgehead atoms. The first-order chi connectivity index (χ1) is 12.2. The molecule has 25 heavy (non-hydrogen) atoms. The lowest BCUT2D eigenvalue weighted by Crippen LogP contribution is -2.41. The molecule has 0 saturated carbocycles. The number of anilines is 1. The molecule has 0 spiro atoms. The van der Waals surface area contributed by atoms with Crippen LogP contribution in [-0.4, -0.2) is 43.7 Å². The van der Waals surface area contributed by atoms with Gasteiger partial charge in [-0.3, -0.25) is 9.69 Å². The molecule has 5 heteroatoms. The van der Waals surface area contributed by atoms with Crippen LogP contribution in [0.25, 0.3) is 0 Å². The number of hydrogen-bond donors (Lipinski definition) is 1. The van der Waals surface area contributed by atoms with Gasteiger partial charge in [0.15, 0.2) is 0 Å². The van der Waals surface area contributed by atoms with Crippen molar-refractivity contribution in [2.75, 3.05) is 38.2 Å². The molecular weight excluding hydrogens is 316 g/mol. The van der Waals surface area contributed by atoms with Gasteiger partial charge in [-0.1, -0.05) is 42.5 Å². The van der Waals surface area contributed by atoms with Crippen LogP contribution in [0.2, 0.25) is 0 Å². The first-order valence-electron chi connectivity index (χ1n) is 8.63. The first kappa shape index (κ1) is 17.5. The van der Waals surface area contributed by atoms with Gasteiger partial charge in [-0.15, -0.1) is 0 Å². The van der Waals surface area contributed by atoms with Gasteiger partial charge >= 0.3 is 0 Å². The standard InChI is InChI=1S/C20H24N2O3/c1-16(17-7-3-2-4-8-17)25-19-10-6-5-9-18(19)21-20(23)15-22-11-13-24-14-12-22/h2-10,16H,11-15H2,1H3,(H,21,23)/t16-/m1/s1. The number of amides is 1. The molecule has 1 amide bonds. The van der Waals surface area contributed by atoms with E-state index < -0.39 is 0 Å². The summed E-state index contributed by atoms with van der Waals surface area (Å²) in [5.74, 6) is 0.638. The predicted octanol–water partition coefficient (Wildman–Crippen LogP) is 3.10. The van der Waals surface area contributed by atoms with E-state index in [1.807, 2.05) is 61.5 Å². The van der Waals surface area contributed by atoms with Gasteiger partial charge in [0.2, 0.25) is 5.91 Å². The second kappa shape index (κ2) is 8.65. The maximum atomic E-state index is 12.3. The van der Waals surface area contributed by atoms with E-state index in [4.69, 9.17) is 9.47 Å². The molecule has 0 radical (unpaired) electrons. The highest BCUT2D eigenvalue weighted by Gasteiger charge is 2.16. The number of para-hydroxylation sites is 2. The largest absolute Gasteiger partial charge is 0.484 e. The van der Waals surface area contributed by atoms with E-state index in [2.05, 4.69) is 10.2 Å². The van der Waals surface area contributed by atoms with Crippen LogP contribution in [0.3, 0.4) is 0 Å². The van der Waals surface area contributed by atoms with E-state index in [-0.39, 0.29) is 12.0 Å². The molecule has 5 nitrogen and oxygen atoms in total. The van der Waals surface area contributed by atoms with Gasteiger partial charge in [0.1, 0.15) is 11.9 Å². The molecular formula is C20H24N2O3. The number of rotatable bonds is 6. The zero-order valence-electron chi connectivity index (χ0n) is 14.5. The molecule has 1 atom stereocenters. The normalized spacial score (nSPS) is 16.2. The molecule has 0 unspecified atom stereocenters. The van der Waals surface area contributed by atoms with Gasteiger partial charge in [0, 0.05) is 13.1 Å². The Bertz CT molecular complexity index is 684. The van der Waals surface area contributed by atoms with Crippen LogP contribution in [0.1, 0.15) is 18.6 Å². The van der Waals surface area contributed by atoms with Gasteiger partial charge in [-0.2, -0.15) is 0 Å². The molecule has 2 aromatic rings. The predicted molar refractivity (Wildman–Crippen MR) is 97.8 cm³/mol. The number of carbonyl (C=O) groups excluding carboxylic acids is 1. The summed E-state index contributed by atoms with van der Waals surface area (Å²) in [6, 6.07) is 17.6. The van der Waals surface area contributed by atoms with Gasteiger partial charge in [-0.25, -0.2) is 0 Å². The average Bonchev–Trinajstić information content (AvgIpc) is 2.65. The van der Waals surface area contributed by atoms with Crippen LogP contribution in [0.15, 0.2) is 54.6 Å². The fraction of sp³-hybridized carbons (Fsp3) is 0.350. The Kier molecular flexibility index (Phi) is 6.04. The molecule has 1 heterocycles. The SMILES string of the molecule is C[C@@H](Oc1ccccc1NC(=O)CN1CCOCC1)c1ccccc1. The van der Waals surface area contributed by atoms with E-state index >= 15 is 0 Å². The Morgan fingerprint density at radius 1 is 1.12 bits per heavy atom. The van der Waals surface area contributed by atoms with Crippen LogP contribution in [0.5, 0.6) is 5.75 Å². The highest BCUT2D eigenvalue weighted by molar-refractivity contribution is 5.93. The molecule has 1 aliphatic rings. The molecule has 3 rings (SSSR count). The van der Waals surface area contributed by atoms with Crippen molar-refractivity contribution < 1.29 is 14.3 Å². The lowest BCUT2D eigenvalue weighted by Gasteiger charge is -2.26. The zero-order chi connectivity index (χ0) is 17.5. The van der Waals surface area contributed by atoms with Crippen molar-refractivity contribution >= 4 is 11.6 Å². The summed E-state index contributed by atoms with van der Waals surface area (Å²) in [6.45, 7) is 5.31. The number of hydrogen-bond acceptors (Lipinski definition) is 4. The van der Waals surface area contributed by atoms with Gasteiger partial charge < -0.3 is 14.8 Å². The zero-order valence-corrected chi connectivity index (χ0v) is 14.5. The minimum atomic E-state index is -0.0986. The highest BCUT2D eigenvalue weighted by Crippen LogP contribution is 2.29. The van der Waals surface area contributed by atoms with Crippen molar-refractivity contribution in [3.05, 3.63) is 60.2 Å². The van der Waals surface area contributed by atoms with Crippen molar-refractivity contribution in [2.45, 2.75) is 13.0 Å². The molecule has 2 aromatic carbocycles. The van der Waals surface area contributed by atoms with Crippen molar-refractivity contribution in [3.63, 3.8) is 0 Å². The number of benzene rings is 2. The fourth-order valence-electron chi connectivity index (χ4n) is 2.81. The van der Waals surface area contributed by atoms with Crippen LogP contribution in [0.4, 0.5) is 5.69 Å². The van der Waals surface area contributed by atoms with Crippen molar-refractivity contribution in [3.8, 4) is 5.75 Å². The monoisotopic (exact) mass is 340 g/mol. The van der Waals surface area contributed by atoms with Crippen molar-refractivity contribution in [2.24, 2.45) is 0 Å².